The molecule has 0 unspecified atom stereocenters. The number of nitrogens with zero attached hydrogens (tertiary/aromatic N) is 2. The standard InChI is InChI=1S/C6H2Cl2N2O/c7-4-1-3-5(11-4)6(8)10-2-9-3/h1-2H. The molecule has 0 fully saturated rings. The molecular weight excluding hydrogens is 187 g/mol. The third-order valence-corrected chi connectivity index (χ3v) is 1.69. The maximum absolute atomic E-state index is 5.67. The van der Waals surface area contributed by atoms with Gasteiger partial charge in [-0.2, -0.15) is 0 Å². The minimum absolute atomic E-state index is 0.266. The van der Waals surface area contributed by atoms with Gasteiger partial charge in [0.15, 0.2) is 16.0 Å². The topological polar surface area (TPSA) is 38.9 Å². The van der Waals surface area contributed by atoms with Crippen molar-refractivity contribution in [3.8, 4) is 0 Å². The molecule has 0 atom stereocenters. The average molecular weight is 189 g/mol. The highest BCUT2D eigenvalue weighted by Crippen LogP contribution is 2.25. The van der Waals surface area contributed by atoms with E-state index >= 15 is 0 Å². The van der Waals surface area contributed by atoms with Gasteiger partial charge in [-0.05, 0) is 11.6 Å². The van der Waals surface area contributed by atoms with Crippen molar-refractivity contribution in [2.75, 3.05) is 0 Å². The molecule has 0 amide bonds. The SMILES string of the molecule is Clc1cc2ncnc(Cl)c2o1. The van der Waals surface area contributed by atoms with Crippen LogP contribution in [-0.4, -0.2) is 9.97 Å². The fourth-order valence-corrected chi connectivity index (χ4v) is 1.16. The fourth-order valence-electron chi connectivity index (χ4n) is 0.796. The fraction of sp³-hybridized carbons (Fsp3) is 0. The Kier molecular flexibility index (Phi) is 1.47. The van der Waals surface area contributed by atoms with Crippen LogP contribution in [0.1, 0.15) is 0 Å². The first-order valence-electron chi connectivity index (χ1n) is 2.83. The third kappa shape index (κ3) is 1.06. The zero-order chi connectivity index (χ0) is 7.84. The molecule has 0 aliphatic rings. The molecule has 0 aliphatic carbocycles. The summed E-state index contributed by atoms with van der Waals surface area (Å²) in [6, 6.07) is 1.59. The first-order chi connectivity index (χ1) is 5.27. The molecule has 2 aromatic rings. The first-order valence-corrected chi connectivity index (χ1v) is 3.58. The molecule has 0 bridgehead atoms. The normalized spacial score (nSPS) is 10.7. The Morgan fingerprint density at radius 3 is 2.82 bits per heavy atom. The molecule has 0 spiro atoms. The van der Waals surface area contributed by atoms with Crippen LogP contribution in [0.15, 0.2) is 16.8 Å². The number of aromatic nitrogens is 2. The van der Waals surface area contributed by atoms with Crippen LogP contribution in [0.4, 0.5) is 0 Å². The maximum Gasteiger partial charge on any atom is 0.196 e. The second kappa shape index (κ2) is 2.36. The lowest BCUT2D eigenvalue weighted by Crippen LogP contribution is -1.77. The van der Waals surface area contributed by atoms with Gasteiger partial charge in [-0.3, -0.25) is 0 Å². The molecule has 0 saturated heterocycles. The summed E-state index contributed by atoms with van der Waals surface area (Å²) in [5, 5.41) is 0.546. The molecule has 0 saturated carbocycles. The van der Waals surface area contributed by atoms with Gasteiger partial charge in [0.2, 0.25) is 0 Å². The molecule has 0 aromatic carbocycles. The Morgan fingerprint density at radius 2 is 2.09 bits per heavy atom. The summed E-state index contributed by atoms with van der Waals surface area (Å²) in [5.74, 6) is 0. The minimum Gasteiger partial charge on any atom is -0.440 e. The summed E-state index contributed by atoms with van der Waals surface area (Å²) >= 11 is 11.2. The predicted octanol–water partition coefficient (Wildman–Crippen LogP) is 2.53. The Balaban J connectivity index is 2.90. The number of furan rings is 1. The first kappa shape index (κ1) is 6.88. The molecule has 0 N–H and O–H groups in total. The molecule has 2 rings (SSSR count). The van der Waals surface area contributed by atoms with Gasteiger partial charge in [0, 0.05) is 6.07 Å². The third-order valence-electron chi connectivity index (χ3n) is 1.24. The van der Waals surface area contributed by atoms with E-state index in [0.717, 1.165) is 0 Å². The quantitative estimate of drug-likeness (QED) is 0.597. The van der Waals surface area contributed by atoms with Crippen molar-refractivity contribution in [2.45, 2.75) is 0 Å². The molecule has 2 heterocycles. The zero-order valence-corrected chi connectivity index (χ0v) is 6.73. The van der Waals surface area contributed by atoms with E-state index in [-0.39, 0.29) is 10.4 Å². The van der Waals surface area contributed by atoms with Crippen LogP contribution in [0.2, 0.25) is 10.4 Å². The molecule has 5 heteroatoms. The lowest BCUT2D eigenvalue weighted by molar-refractivity contribution is 0.616. The Labute approximate surface area is 72.0 Å². The van der Waals surface area contributed by atoms with Gasteiger partial charge < -0.3 is 4.42 Å². The van der Waals surface area contributed by atoms with Gasteiger partial charge in [0.05, 0.1) is 0 Å². The minimum atomic E-state index is 0.266. The second-order valence-corrected chi connectivity index (χ2v) is 2.66. The molecule has 56 valence electrons. The largest absolute Gasteiger partial charge is 0.440 e. The summed E-state index contributed by atoms with van der Waals surface area (Å²) < 4.78 is 5.01. The van der Waals surface area contributed by atoms with Crippen LogP contribution in [0, 0.1) is 0 Å². The molecule has 2 aromatic heterocycles. The number of fused-ring (bicyclic) bond motifs is 1. The van der Waals surface area contributed by atoms with Crippen molar-refractivity contribution >= 4 is 34.3 Å². The van der Waals surface area contributed by atoms with Crippen LogP contribution in [0.25, 0.3) is 11.1 Å². The highest BCUT2D eigenvalue weighted by Gasteiger charge is 2.06. The Morgan fingerprint density at radius 1 is 1.27 bits per heavy atom. The highest BCUT2D eigenvalue weighted by molar-refractivity contribution is 6.34. The zero-order valence-electron chi connectivity index (χ0n) is 5.21. The van der Waals surface area contributed by atoms with Gasteiger partial charge in [-0.15, -0.1) is 0 Å². The van der Waals surface area contributed by atoms with E-state index in [4.69, 9.17) is 27.6 Å². The van der Waals surface area contributed by atoms with Crippen LogP contribution < -0.4 is 0 Å². The van der Waals surface area contributed by atoms with Crippen LogP contribution >= 0.6 is 23.2 Å². The molecule has 11 heavy (non-hydrogen) atoms. The number of rotatable bonds is 0. The van der Waals surface area contributed by atoms with E-state index in [9.17, 15) is 0 Å². The van der Waals surface area contributed by atoms with Gasteiger partial charge in [0.25, 0.3) is 0 Å². The Hall–Kier alpha value is -0.800. The highest BCUT2D eigenvalue weighted by atomic mass is 35.5. The van der Waals surface area contributed by atoms with E-state index in [0.29, 0.717) is 11.1 Å². The number of halogens is 2. The van der Waals surface area contributed by atoms with E-state index in [2.05, 4.69) is 9.97 Å². The van der Waals surface area contributed by atoms with Gasteiger partial charge in [-0.25, -0.2) is 9.97 Å². The van der Waals surface area contributed by atoms with Gasteiger partial charge in [-0.1, -0.05) is 11.6 Å². The lowest BCUT2D eigenvalue weighted by Gasteiger charge is -1.86. The lowest BCUT2D eigenvalue weighted by atomic mass is 10.5. The molecule has 0 aliphatic heterocycles. The Bertz CT molecular complexity index is 398. The number of hydrogen-bond acceptors (Lipinski definition) is 3. The van der Waals surface area contributed by atoms with E-state index in [1.165, 1.54) is 6.33 Å². The summed E-state index contributed by atoms with van der Waals surface area (Å²) in [4.78, 5) is 7.61. The second-order valence-electron chi connectivity index (χ2n) is 1.93. The van der Waals surface area contributed by atoms with E-state index in [1.807, 2.05) is 0 Å². The van der Waals surface area contributed by atoms with Gasteiger partial charge in [0.1, 0.15) is 11.8 Å². The summed E-state index contributed by atoms with van der Waals surface area (Å²) in [6.07, 6.45) is 1.36. The molecule has 0 radical (unpaired) electrons. The molecular formula is C6H2Cl2N2O. The van der Waals surface area contributed by atoms with Crippen molar-refractivity contribution in [1.29, 1.82) is 0 Å². The number of hydrogen-bond donors (Lipinski definition) is 0. The van der Waals surface area contributed by atoms with E-state index in [1.54, 1.807) is 6.07 Å². The average Bonchev–Trinajstić information content (AvgIpc) is 2.31. The van der Waals surface area contributed by atoms with Crippen molar-refractivity contribution in [3.63, 3.8) is 0 Å². The molecule has 3 nitrogen and oxygen atoms in total. The van der Waals surface area contributed by atoms with Crippen molar-refractivity contribution in [2.24, 2.45) is 0 Å². The van der Waals surface area contributed by atoms with E-state index < -0.39 is 0 Å². The smallest absolute Gasteiger partial charge is 0.196 e. The van der Waals surface area contributed by atoms with Crippen molar-refractivity contribution in [3.05, 3.63) is 22.8 Å². The summed E-state index contributed by atoms with van der Waals surface area (Å²) in [6.45, 7) is 0. The van der Waals surface area contributed by atoms with Crippen LogP contribution in [0.3, 0.4) is 0 Å². The monoisotopic (exact) mass is 188 g/mol. The van der Waals surface area contributed by atoms with Crippen molar-refractivity contribution in [1.82, 2.24) is 9.97 Å². The predicted molar refractivity (Wildman–Crippen MR) is 41.8 cm³/mol. The summed E-state index contributed by atoms with van der Waals surface area (Å²) in [5.41, 5.74) is 1.05. The van der Waals surface area contributed by atoms with Gasteiger partial charge >= 0.3 is 0 Å². The van der Waals surface area contributed by atoms with Crippen molar-refractivity contribution < 1.29 is 4.42 Å². The summed E-state index contributed by atoms with van der Waals surface area (Å²) in [7, 11) is 0. The van der Waals surface area contributed by atoms with Crippen LogP contribution in [-0.2, 0) is 0 Å². The maximum atomic E-state index is 5.67. The van der Waals surface area contributed by atoms with Crippen LogP contribution in [0.5, 0.6) is 0 Å².